The Morgan fingerprint density at radius 1 is 1.00 bits per heavy atom. The number of urea groups is 1. The van der Waals surface area contributed by atoms with E-state index >= 15 is 0 Å². The number of amides is 3. The van der Waals surface area contributed by atoms with Crippen molar-refractivity contribution < 1.29 is 14.0 Å². The minimum Gasteiger partial charge on any atom is -0.444 e. The van der Waals surface area contributed by atoms with Crippen LogP contribution in [0.2, 0.25) is 0 Å². The first-order valence-electron chi connectivity index (χ1n) is 10.1. The standard InChI is InChI=1S/C25H21N3O3/c1-16-10-12-18(13-11-16)22-26-19(15-31-22)14-28-23(29)25(2,27-24(28)30)21-9-5-7-17-6-3-4-8-20(17)21/h3-13,15H,14H2,1-2H3,(H,27,30)/t25-/m0/s1. The Morgan fingerprint density at radius 3 is 2.55 bits per heavy atom. The zero-order chi connectivity index (χ0) is 21.6. The van der Waals surface area contributed by atoms with Crippen LogP contribution < -0.4 is 5.32 Å². The highest BCUT2D eigenvalue weighted by Crippen LogP contribution is 2.34. The summed E-state index contributed by atoms with van der Waals surface area (Å²) in [5.74, 6) is 0.146. The number of nitrogens with zero attached hydrogens (tertiary/aromatic N) is 2. The SMILES string of the molecule is Cc1ccc(-c2nc(CN3C(=O)N[C@@](C)(c4cccc5ccccc45)C3=O)co2)cc1. The predicted molar refractivity (Wildman–Crippen MR) is 117 cm³/mol. The average molecular weight is 411 g/mol. The monoisotopic (exact) mass is 411 g/mol. The van der Waals surface area contributed by atoms with Crippen LogP contribution in [0.4, 0.5) is 4.79 Å². The summed E-state index contributed by atoms with van der Waals surface area (Å²) in [7, 11) is 0. The molecule has 6 heteroatoms. The van der Waals surface area contributed by atoms with Crippen molar-refractivity contribution in [2.75, 3.05) is 0 Å². The Hall–Kier alpha value is -3.93. The Labute approximate surface area is 179 Å². The van der Waals surface area contributed by atoms with Gasteiger partial charge in [-0.2, -0.15) is 0 Å². The van der Waals surface area contributed by atoms with E-state index in [4.69, 9.17) is 4.42 Å². The molecule has 154 valence electrons. The van der Waals surface area contributed by atoms with Gasteiger partial charge in [0.25, 0.3) is 5.91 Å². The summed E-state index contributed by atoms with van der Waals surface area (Å²) in [4.78, 5) is 31.8. The van der Waals surface area contributed by atoms with Crippen LogP contribution in [-0.4, -0.2) is 21.8 Å². The predicted octanol–water partition coefficient (Wildman–Crippen LogP) is 4.77. The van der Waals surface area contributed by atoms with Crippen molar-refractivity contribution >= 4 is 22.7 Å². The molecule has 6 nitrogen and oxygen atoms in total. The number of hydrogen-bond acceptors (Lipinski definition) is 4. The molecule has 3 aromatic carbocycles. The molecule has 0 spiro atoms. The van der Waals surface area contributed by atoms with E-state index in [-0.39, 0.29) is 12.5 Å². The Balaban J connectivity index is 1.44. The highest BCUT2D eigenvalue weighted by atomic mass is 16.3. The van der Waals surface area contributed by atoms with Gasteiger partial charge in [-0.3, -0.25) is 9.69 Å². The molecule has 0 bridgehead atoms. The molecular formula is C25H21N3O3. The van der Waals surface area contributed by atoms with Crippen LogP contribution in [0.15, 0.2) is 77.4 Å². The van der Waals surface area contributed by atoms with E-state index < -0.39 is 11.6 Å². The molecule has 1 fully saturated rings. The second-order valence-electron chi connectivity index (χ2n) is 7.98. The van der Waals surface area contributed by atoms with Crippen LogP contribution in [0.25, 0.3) is 22.2 Å². The third kappa shape index (κ3) is 3.17. The molecule has 3 amide bonds. The second-order valence-corrected chi connectivity index (χ2v) is 7.98. The molecule has 0 saturated carbocycles. The number of aromatic nitrogens is 1. The van der Waals surface area contributed by atoms with Crippen molar-refractivity contribution in [3.05, 3.63) is 89.8 Å². The van der Waals surface area contributed by atoms with Gasteiger partial charge < -0.3 is 9.73 Å². The molecule has 4 aromatic rings. The maximum atomic E-state index is 13.4. The summed E-state index contributed by atoms with van der Waals surface area (Å²) < 4.78 is 5.58. The Bertz CT molecular complexity index is 1300. The fraction of sp³-hybridized carbons (Fsp3) is 0.160. The number of benzene rings is 3. The van der Waals surface area contributed by atoms with E-state index in [1.54, 1.807) is 6.92 Å². The molecule has 1 atom stereocenters. The fourth-order valence-electron chi connectivity index (χ4n) is 4.05. The molecule has 1 aromatic heterocycles. The van der Waals surface area contributed by atoms with Crippen LogP contribution in [0.3, 0.4) is 0 Å². The minimum atomic E-state index is -1.15. The summed E-state index contributed by atoms with van der Waals surface area (Å²) in [6.07, 6.45) is 1.49. The smallest absolute Gasteiger partial charge is 0.325 e. The normalized spacial score (nSPS) is 18.6. The molecule has 1 N–H and O–H groups in total. The molecule has 2 heterocycles. The summed E-state index contributed by atoms with van der Waals surface area (Å²) in [5.41, 5.74) is 2.12. The average Bonchev–Trinajstić information content (AvgIpc) is 3.33. The van der Waals surface area contributed by atoms with Gasteiger partial charge >= 0.3 is 6.03 Å². The topological polar surface area (TPSA) is 75.4 Å². The van der Waals surface area contributed by atoms with Crippen LogP contribution >= 0.6 is 0 Å². The lowest BCUT2D eigenvalue weighted by Crippen LogP contribution is -2.41. The van der Waals surface area contributed by atoms with Crippen LogP contribution in [0, 0.1) is 6.92 Å². The van der Waals surface area contributed by atoms with Crippen LogP contribution in [-0.2, 0) is 16.9 Å². The van der Waals surface area contributed by atoms with Crippen LogP contribution in [0.5, 0.6) is 0 Å². The first-order valence-corrected chi connectivity index (χ1v) is 10.1. The van der Waals surface area contributed by atoms with Gasteiger partial charge in [0.05, 0.1) is 12.2 Å². The van der Waals surface area contributed by atoms with E-state index in [9.17, 15) is 9.59 Å². The van der Waals surface area contributed by atoms with Gasteiger partial charge in [0.15, 0.2) is 0 Å². The van der Waals surface area contributed by atoms with Gasteiger partial charge in [-0.15, -0.1) is 0 Å². The molecule has 0 unspecified atom stereocenters. The Kier molecular flexibility index (Phi) is 4.36. The van der Waals surface area contributed by atoms with Gasteiger partial charge in [0, 0.05) is 5.56 Å². The molecule has 0 aliphatic carbocycles. The van der Waals surface area contributed by atoms with Crippen molar-refractivity contribution in [2.45, 2.75) is 25.9 Å². The number of hydrogen-bond donors (Lipinski definition) is 1. The molecule has 5 rings (SSSR count). The number of oxazole rings is 1. The van der Waals surface area contributed by atoms with Crippen molar-refractivity contribution in [3.63, 3.8) is 0 Å². The maximum Gasteiger partial charge on any atom is 0.325 e. The van der Waals surface area contributed by atoms with Crippen molar-refractivity contribution in [3.8, 4) is 11.5 Å². The first-order chi connectivity index (χ1) is 15.0. The first kappa shape index (κ1) is 19.1. The quantitative estimate of drug-likeness (QED) is 0.491. The Morgan fingerprint density at radius 2 is 1.74 bits per heavy atom. The lowest BCUT2D eigenvalue weighted by Gasteiger charge is -2.24. The number of aryl methyl sites for hydroxylation is 1. The fourth-order valence-corrected chi connectivity index (χ4v) is 4.05. The van der Waals surface area contributed by atoms with Gasteiger partial charge in [-0.1, -0.05) is 60.2 Å². The highest BCUT2D eigenvalue weighted by molar-refractivity contribution is 6.09. The molecule has 1 saturated heterocycles. The van der Waals surface area contributed by atoms with E-state index in [0.29, 0.717) is 11.6 Å². The van der Waals surface area contributed by atoms with E-state index in [0.717, 1.165) is 27.5 Å². The van der Waals surface area contributed by atoms with E-state index in [2.05, 4.69) is 10.3 Å². The molecule has 1 aliphatic rings. The maximum absolute atomic E-state index is 13.4. The third-order valence-corrected chi connectivity index (χ3v) is 5.77. The summed E-state index contributed by atoms with van der Waals surface area (Å²) >= 11 is 0. The molecule has 1 aliphatic heterocycles. The number of carbonyl (C=O) groups excluding carboxylic acids is 2. The molecular weight excluding hydrogens is 390 g/mol. The van der Waals surface area contributed by atoms with Gasteiger partial charge in [-0.05, 0) is 42.3 Å². The molecule has 0 radical (unpaired) electrons. The number of carbonyl (C=O) groups is 2. The second kappa shape index (κ2) is 7.09. The molecule has 31 heavy (non-hydrogen) atoms. The number of nitrogens with one attached hydrogen (secondary N) is 1. The number of imide groups is 1. The van der Waals surface area contributed by atoms with Crippen LogP contribution in [0.1, 0.15) is 23.7 Å². The van der Waals surface area contributed by atoms with Crippen molar-refractivity contribution in [1.29, 1.82) is 0 Å². The summed E-state index contributed by atoms with van der Waals surface area (Å²) in [6, 6.07) is 21.0. The highest BCUT2D eigenvalue weighted by Gasteiger charge is 2.49. The summed E-state index contributed by atoms with van der Waals surface area (Å²) in [6.45, 7) is 3.80. The zero-order valence-corrected chi connectivity index (χ0v) is 17.3. The number of fused-ring (bicyclic) bond motifs is 1. The van der Waals surface area contributed by atoms with E-state index in [1.165, 1.54) is 11.2 Å². The number of rotatable bonds is 4. The van der Waals surface area contributed by atoms with Gasteiger partial charge in [0.1, 0.15) is 11.8 Å². The largest absolute Gasteiger partial charge is 0.444 e. The van der Waals surface area contributed by atoms with Crippen molar-refractivity contribution in [1.82, 2.24) is 15.2 Å². The lowest BCUT2D eigenvalue weighted by molar-refractivity contribution is -0.131. The van der Waals surface area contributed by atoms with Crippen molar-refractivity contribution in [2.24, 2.45) is 0 Å². The van der Waals surface area contributed by atoms with Gasteiger partial charge in [0.2, 0.25) is 5.89 Å². The summed E-state index contributed by atoms with van der Waals surface area (Å²) in [5, 5.41) is 4.83. The zero-order valence-electron chi connectivity index (χ0n) is 17.3. The lowest BCUT2D eigenvalue weighted by atomic mass is 9.88. The van der Waals surface area contributed by atoms with E-state index in [1.807, 2.05) is 73.7 Å². The minimum absolute atomic E-state index is 0.0420. The van der Waals surface area contributed by atoms with Gasteiger partial charge in [-0.25, -0.2) is 9.78 Å². The third-order valence-electron chi connectivity index (χ3n) is 5.77.